The van der Waals surface area contributed by atoms with Crippen LogP contribution in [0.2, 0.25) is 5.02 Å². The number of rotatable bonds is 4. The molecule has 0 aromatic heterocycles. The Labute approximate surface area is 130 Å². The second kappa shape index (κ2) is 6.31. The summed E-state index contributed by atoms with van der Waals surface area (Å²) in [5.74, 6) is 0.615. The molecule has 110 valence electrons. The number of benzene rings is 2. The molecule has 0 spiro atoms. The molecule has 0 amide bonds. The zero-order valence-electron chi connectivity index (χ0n) is 12.7. The SMILES string of the molecule is Cc1ccc(C(=O)C(C)Oc2cc(Cl)ccc2C)cc1C. The highest BCUT2D eigenvalue weighted by Crippen LogP contribution is 2.24. The number of carbonyl (C=O) groups is 1. The van der Waals surface area contributed by atoms with Gasteiger partial charge in [-0.2, -0.15) is 0 Å². The molecular formula is C18H19ClO2. The Morgan fingerprint density at radius 3 is 2.33 bits per heavy atom. The summed E-state index contributed by atoms with van der Waals surface area (Å²) in [5.41, 5.74) is 3.90. The van der Waals surface area contributed by atoms with Crippen LogP contribution < -0.4 is 4.74 Å². The van der Waals surface area contributed by atoms with E-state index in [2.05, 4.69) is 0 Å². The van der Waals surface area contributed by atoms with Gasteiger partial charge in [-0.1, -0.05) is 29.8 Å². The largest absolute Gasteiger partial charge is 0.482 e. The first kappa shape index (κ1) is 15.6. The van der Waals surface area contributed by atoms with Crippen LogP contribution in [0.1, 0.15) is 34.0 Å². The Kier molecular flexibility index (Phi) is 4.69. The molecular weight excluding hydrogens is 284 g/mol. The second-order valence-electron chi connectivity index (χ2n) is 5.33. The zero-order valence-corrected chi connectivity index (χ0v) is 13.5. The Morgan fingerprint density at radius 1 is 1.00 bits per heavy atom. The monoisotopic (exact) mass is 302 g/mol. The number of halogens is 1. The second-order valence-corrected chi connectivity index (χ2v) is 5.77. The number of ether oxygens (including phenoxy) is 1. The molecule has 2 aromatic carbocycles. The minimum atomic E-state index is -0.552. The summed E-state index contributed by atoms with van der Waals surface area (Å²) in [5, 5.41) is 0.599. The molecule has 0 N–H and O–H groups in total. The van der Waals surface area contributed by atoms with E-state index >= 15 is 0 Å². The van der Waals surface area contributed by atoms with E-state index in [1.807, 2.05) is 45.0 Å². The normalized spacial score (nSPS) is 12.0. The highest BCUT2D eigenvalue weighted by atomic mass is 35.5. The molecule has 0 radical (unpaired) electrons. The van der Waals surface area contributed by atoms with Gasteiger partial charge in [0.25, 0.3) is 0 Å². The molecule has 0 aliphatic rings. The van der Waals surface area contributed by atoms with E-state index in [0.29, 0.717) is 16.3 Å². The van der Waals surface area contributed by atoms with Crippen LogP contribution in [0, 0.1) is 20.8 Å². The smallest absolute Gasteiger partial charge is 0.203 e. The van der Waals surface area contributed by atoms with Crippen molar-refractivity contribution >= 4 is 17.4 Å². The average Bonchev–Trinajstić information content (AvgIpc) is 2.45. The van der Waals surface area contributed by atoms with Crippen LogP contribution in [0.25, 0.3) is 0 Å². The summed E-state index contributed by atoms with van der Waals surface area (Å²) >= 11 is 5.97. The summed E-state index contributed by atoms with van der Waals surface area (Å²) < 4.78 is 5.78. The third kappa shape index (κ3) is 3.64. The van der Waals surface area contributed by atoms with E-state index in [1.165, 1.54) is 5.56 Å². The molecule has 1 atom stereocenters. The number of aryl methyl sites for hydroxylation is 3. The van der Waals surface area contributed by atoms with Gasteiger partial charge in [0.05, 0.1) is 0 Å². The van der Waals surface area contributed by atoms with Gasteiger partial charge in [-0.3, -0.25) is 4.79 Å². The summed E-state index contributed by atoms with van der Waals surface area (Å²) in [6, 6.07) is 11.1. The molecule has 2 rings (SSSR count). The summed E-state index contributed by atoms with van der Waals surface area (Å²) in [6.07, 6.45) is -0.552. The number of carbonyl (C=O) groups excluding carboxylic acids is 1. The van der Waals surface area contributed by atoms with Crippen LogP contribution in [0.4, 0.5) is 0 Å². The molecule has 2 aromatic rings. The predicted molar refractivity (Wildman–Crippen MR) is 86.5 cm³/mol. The highest BCUT2D eigenvalue weighted by molar-refractivity contribution is 6.30. The molecule has 0 aliphatic heterocycles. The Hall–Kier alpha value is -1.80. The van der Waals surface area contributed by atoms with E-state index < -0.39 is 6.10 Å². The van der Waals surface area contributed by atoms with Crippen molar-refractivity contribution in [3.8, 4) is 5.75 Å². The van der Waals surface area contributed by atoms with Gasteiger partial charge < -0.3 is 4.74 Å². The third-order valence-corrected chi connectivity index (χ3v) is 3.85. The van der Waals surface area contributed by atoms with Gasteiger partial charge in [0, 0.05) is 10.6 Å². The van der Waals surface area contributed by atoms with Crippen LogP contribution in [0.3, 0.4) is 0 Å². The van der Waals surface area contributed by atoms with Gasteiger partial charge in [-0.05, 0) is 62.6 Å². The van der Waals surface area contributed by atoms with E-state index in [0.717, 1.165) is 11.1 Å². The molecule has 3 heteroatoms. The van der Waals surface area contributed by atoms with Crippen molar-refractivity contribution in [3.63, 3.8) is 0 Å². The lowest BCUT2D eigenvalue weighted by Crippen LogP contribution is -2.24. The maximum absolute atomic E-state index is 12.5. The number of hydrogen-bond acceptors (Lipinski definition) is 2. The van der Waals surface area contributed by atoms with Gasteiger partial charge in [-0.25, -0.2) is 0 Å². The van der Waals surface area contributed by atoms with Crippen LogP contribution in [0.5, 0.6) is 5.75 Å². The lowest BCUT2D eigenvalue weighted by atomic mass is 10.0. The summed E-state index contributed by atoms with van der Waals surface area (Å²) in [7, 11) is 0. The maximum Gasteiger partial charge on any atom is 0.203 e. The third-order valence-electron chi connectivity index (χ3n) is 3.61. The first-order valence-electron chi connectivity index (χ1n) is 6.93. The van der Waals surface area contributed by atoms with Crippen molar-refractivity contribution in [3.05, 3.63) is 63.7 Å². The predicted octanol–water partition coefficient (Wildman–Crippen LogP) is 4.92. The Balaban J connectivity index is 2.19. The molecule has 21 heavy (non-hydrogen) atoms. The van der Waals surface area contributed by atoms with Gasteiger partial charge >= 0.3 is 0 Å². The maximum atomic E-state index is 12.5. The molecule has 0 heterocycles. The van der Waals surface area contributed by atoms with E-state index in [-0.39, 0.29) is 5.78 Å². The topological polar surface area (TPSA) is 26.3 Å². The molecule has 0 saturated heterocycles. The van der Waals surface area contributed by atoms with Crippen LogP contribution in [-0.4, -0.2) is 11.9 Å². The Bertz CT molecular complexity index is 677. The summed E-state index contributed by atoms with van der Waals surface area (Å²) in [4.78, 5) is 12.5. The first-order valence-corrected chi connectivity index (χ1v) is 7.30. The summed E-state index contributed by atoms with van der Waals surface area (Å²) in [6.45, 7) is 7.72. The zero-order chi connectivity index (χ0) is 15.6. The average molecular weight is 303 g/mol. The molecule has 0 bridgehead atoms. The number of Topliss-reactive ketones (excluding diaryl/α,β-unsaturated/α-hetero) is 1. The van der Waals surface area contributed by atoms with Crippen molar-refractivity contribution in [2.45, 2.75) is 33.8 Å². The van der Waals surface area contributed by atoms with Gasteiger partial charge in [0.1, 0.15) is 5.75 Å². The minimum Gasteiger partial charge on any atom is -0.482 e. The molecule has 0 aliphatic carbocycles. The Morgan fingerprint density at radius 2 is 1.67 bits per heavy atom. The standard InChI is InChI=1S/C18H19ClO2/c1-11-5-7-15(9-13(11)3)18(20)14(4)21-17-10-16(19)8-6-12(17)2/h5-10,14H,1-4H3. The van der Waals surface area contributed by atoms with Crippen LogP contribution in [0.15, 0.2) is 36.4 Å². The molecule has 0 saturated carbocycles. The lowest BCUT2D eigenvalue weighted by Gasteiger charge is -2.16. The van der Waals surface area contributed by atoms with E-state index in [9.17, 15) is 4.79 Å². The fraction of sp³-hybridized carbons (Fsp3) is 0.278. The van der Waals surface area contributed by atoms with Gasteiger partial charge in [0.15, 0.2) is 6.10 Å². The fourth-order valence-corrected chi connectivity index (χ4v) is 2.24. The van der Waals surface area contributed by atoms with Crippen LogP contribution >= 0.6 is 11.6 Å². The van der Waals surface area contributed by atoms with Crippen molar-refractivity contribution in [1.82, 2.24) is 0 Å². The van der Waals surface area contributed by atoms with Crippen LogP contribution in [-0.2, 0) is 0 Å². The number of ketones is 1. The highest BCUT2D eigenvalue weighted by Gasteiger charge is 2.18. The molecule has 1 unspecified atom stereocenters. The first-order chi connectivity index (χ1) is 9.88. The van der Waals surface area contributed by atoms with Crippen molar-refractivity contribution in [2.75, 3.05) is 0 Å². The van der Waals surface area contributed by atoms with E-state index in [1.54, 1.807) is 19.1 Å². The van der Waals surface area contributed by atoms with Crippen molar-refractivity contribution < 1.29 is 9.53 Å². The van der Waals surface area contributed by atoms with Gasteiger partial charge in [-0.15, -0.1) is 0 Å². The van der Waals surface area contributed by atoms with E-state index in [4.69, 9.17) is 16.3 Å². The minimum absolute atomic E-state index is 0.0301. The number of hydrogen-bond donors (Lipinski definition) is 0. The van der Waals surface area contributed by atoms with Crippen molar-refractivity contribution in [1.29, 1.82) is 0 Å². The fourth-order valence-electron chi connectivity index (χ4n) is 2.07. The molecule has 2 nitrogen and oxygen atoms in total. The lowest BCUT2D eigenvalue weighted by molar-refractivity contribution is 0.0817. The quantitative estimate of drug-likeness (QED) is 0.750. The molecule has 0 fully saturated rings. The van der Waals surface area contributed by atoms with Gasteiger partial charge in [0.2, 0.25) is 5.78 Å². The van der Waals surface area contributed by atoms with Crippen molar-refractivity contribution in [2.24, 2.45) is 0 Å².